The molecule has 0 spiro atoms. The molecule has 2 N–H and O–H groups in total. The summed E-state index contributed by atoms with van der Waals surface area (Å²) in [5.41, 5.74) is 3.95. The van der Waals surface area contributed by atoms with Gasteiger partial charge in [0.1, 0.15) is 6.04 Å². The molecule has 0 aliphatic carbocycles. The van der Waals surface area contributed by atoms with Gasteiger partial charge in [-0.3, -0.25) is 9.69 Å². The molecule has 2 rings (SSSR count). The van der Waals surface area contributed by atoms with Crippen molar-refractivity contribution in [2.45, 2.75) is 26.4 Å². The Morgan fingerprint density at radius 1 is 1.42 bits per heavy atom. The first-order valence-electron chi connectivity index (χ1n) is 6.85. The minimum Gasteiger partial charge on any atom is -0.358 e. The fourth-order valence-electron chi connectivity index (χ4n) is 2.66. The summed E-state index contributed by atoms with van der Waals surface area (Å²) in [5.74, 6) is 0.0958. The van der Waals surface area contributed by atoms with Crippen LogP contribution in [0, 0.1) is 13.8 Å². The fourth-order valence-corrected chi connectivity index (χ4v) is 2.66. The Kier molecular flexibility index (Phi) is 4.56. The summed E-state index contributed by atoms with van der Waals surface area (Å²) in [4.78, 5) is 14.2. The number of aryl methyl sites for hydroxylation is 2. The molecule has 1 fully saturated rings. The summed E-state index contributed by atoms with van der Waals surface area (Å²) in [6, 6.07) is 6.29. The van der Waals surface area contributed by atoms with E-state index in [1.165, 1.54) is 16.7 Å². The van der Waals surface area contributed by atoms with Crippen LogP contribution in [0.15, 0.2) is 18.2 Å². The Balaban J connectivity index is 2.18. The van der Waals surface area contributed by atoms with E-state index in [1.54, 1.807) is 7.05 Å². The van der Waals surface area contributed by atoms with Crippen LogP contribution in [0.3, 0.4) is 0 Å². The van der Waals surface area contributed by atoms with Gasteiger partial charge in [-0.05, 0) is 30.5 Å². The van der Waals surface area contributed by atoms with Gasteiger partial charge in [-0.2, -0.15) is 0 Å². The first-order chi connectivity index (χ1) is 9.13. The van der Waals surface area contributed by atoms with Crippen LogP contribution in [-0.4, -0.2) is 43.5 Å². The Morgan fingerprint density at radius 3 is 2.74 bits per heavy atom. The van der Waals surface area contributed by atoms with Crippen LogP contribution < -0.4 is 10.6 Å². The number of hydrogen-bond acceptors (Lipinski definition) is 3. The molecule has 1 atom stereocenters. The van der Waals surface area contributed by atoms with Crippen molar-refractivity contribution in [2.75, 3.05) is 26.7 Å². The topological polar surface area (TPSA) is 44.4 Å². The molecule has 19 heavy (non-hydrogen) atoms. The number of carbonyl (C=O) groups is 1. The van der Waals surface area contributed by atoms with Gasteiger partial charge in [0.05, 0.1) is 0 Å². The van der Waals surface area contributed by atoms with Crippen LogP contribution in [0.2, 0.25) is 0 Å². The van der Waals surface area contributed by atoms with Gasteiger partial charge in [-0.25, -0.2) is 0 Å². The third-order valence-electron chi connectivity index (χ3n) is 3.91. The Bertz CT molecular complexity index is 438. The number of piperazine rings is 1. The van der Waals surface area contributed by atoms with Crippen molar-refractivity contribution < 1.29 is 4.79 Å². The predicted octanol–water partition coefficient (Wildman–Crippen LogP) is 0.823. The maximum absolute atomic E-state index is 11.9. The summed E-state index contributed by atoms with van der Waals surface area (Å²) >= 11 is 0. The second-order valence-electron chi connectivity index (χ2n) is 5.18. The van der Waals surface area contributed by atoms with E-state index in [0.29, 0.717) is 0 Å². The number of nitrogens with zero attached hydrogens (tertiary/aromatic N) is 1. The first kappa shape index (κ1) is 14.0. The van der Waals surface area contributed by atoms with E-state index in [4.69, 9.17) is 0 Å². The standard InChI is InChI=1S/C15H23N3O/c1-11-5-4-6-12(2)13(11)10-18-8-7-17-9-14(18)15(19)16-3/h4-6,14,17H,7-10H2,1-3H3,(H,16,19). The molecule has 0 saturated carbocycles. The van der Waals surface area contributed by atoms with Gasteiger partial charge >= 0.3 is 0 Å². The molecule has 0 aromatic heterocycles. The molecule has 104 valence electrons. The van der Waals surface area contributed by atoms with E-state index in [0.717, 1.165) is 26.2 Å². The lowest BCUT2D eigenvalue weighted by Crippen LogP contribution is -2.57. The molecule has 0 radical (unpaired) electrons. The largest absolute Gasteiger partial charge is 0.358 e. The van der Waals surface area contributed by atoms with Crippen LogP contribution in [0.1, 0.15) is 16.7 Å². The molecule has 0 bridgehead atoms. The van der Waals surface area contributed by atoms with Crippen LogP contribution in [0.5, 0.6) is 0 Å². The van der Waals surface area contributed by atoms with Crippen molar-refractivity contribution in [1.82, 2.24) is 15.5 Å². The summed E-state index contributed by atoms with van der Waals surface area (Å²) in [7, 11) is 1.70. The van der Waals surface area contributed by atoms with E-state index in [2.05, 4.69) is 47.6 Å². The third kappa shape index (κ3) is 3.14. The number of benzene rings is 1. The molecular weight excluding hydrogens is 238 g/mol. The molecule has 4 nitrogen and oxygen atoms in total. The minimum atomic E-state index is -0.0715. The molecule has 1 aromatic carbocycles. The van der Waals surface area contributed by atoms with Crippen molar-refractivity contribution in [1.29, 1.82) is 0 Å². The second-order valence-corrected chi connectivity index (χ2v) is 5.18. The predicted molar refractivity (Wildman–Crippen MR) is 77.1 cm³/mol. The molecule has 1 amide bonds. The van der Waals surface area contributed by atoms with E-state index >= 15 is 0 Å². The lowest BCUT2D eigenvalue weighted by Gasteiger charge is -2.35. The van der Waals surface area contributed by atoms with Crippen molar-refractivity contribution in [3.63, 3.8) is 0 Å². The molecule has 1 saturated heterocycles. The van der Waals surface area contributed by atoms with Crippen LogP contribution >= 0.6 is 0 Å². The van der Waals surface area contributed by atoms with Gasteiger partial charge in [0.15, 0.2) is 0 Å². The van der Waals surface area contributed by atoms with Gasteiger partial charge in [0.2, 0.25) is 5.91 Å². The highest BCUT2D eigenvalue weighted by molar-refractivity contribution is 5.81. The lowest BCUT2D eigenvalue weighted by atomic mass is 10.0. The van der Waals surface area contributed by atoms with Crippen molar-refractivity contribution in [3.8, 4) is 0 Å². The summed E-state index contributed by atoms with van der Waals surface area (Å²) < 4.78 is 0. The van der Waals surface area contributed by atoms with Crippen LogP contribution in [0.25, 0.3) is 0 Å². The summed E-state index contributed by atoms with van der Waals surface area (Å²) in [6.45, 7) is 7.70. The summed E-state index contributed by atoms with van der Waals surface area (Å²) in [5, 5.41) is 6.05. The molecule has 1 aliphatic rings. The zero-order valence-corrected chi connectivity index (χ0v) is 12.0. The van der Waals surface area contributed by atoms with Crippen molar-refractivity contribution in [3.05, 3.63) is 34.9 Å². The second kappa shape index (κ2) is 6.17. The highest BCUT2D eigenvalue weighted by atomic mass is 16.2. The van der Waals surface area contributed by atoms with E-state index in [1.807, 2.05) is 0 Å². The van der Waals surface area contributed by atoms with Gasteiger partial charge < -0.3 is 10.6 Å². The Hall–Kier alpha value is -1.39. The summed E-state index contributed by atoms with van der Waals surface area (Å²) in [6.07, 6.45) is 0. The number of rotatable bonds is 3. The van der Waals surface area contributed by atoms with E-state index < -0.39 is 0 Å². The number of nitrogens with one attached hydrogen (secondary N) is 2. The Labute approximate surface area is 115 Å². The highest BCUT2D eigenvalue weighted by Crippen LogP contribution is 2.18. The molecule has 1 aromatic rings. The zero-order valence-electron chi connectivity index (χ0n) is 12.0. The van der Waals surface area contributed by atoms with Gasteiger partial charge in [-0.1, -0.05) is 18.2 Å². The molecule has 4 heteroatoms. The number of carbonyl (C=O) groups excluding carboxylic acids is 1. The first-order valence-corrected chi connectivity index (χ1v) is 6.85. The third-order valence-corrected chi connectivity index (χ3v) is 3.91. The average molecular weight is 261 g/mol. The average Bonchev–Trinajstić information content (AvgIpc) is 2.42. The van der Waals surface area contributed by atoms with Crippen molar-refractivity contribution >= 4 is 5.91 Å². The van der Waals surface area contributed by atoms with E-state index in [-0.39, 0.29) is 11.9 Å². The number of amides is 1. The van der Waals surface area contributed by atoms with Crippen LogP contribution in [0.4, 0.5) is 0 Å². The molecule has 1 heterocycles. The maximum atomic E-state index is 11.9. The zero-order chi connectivity index (χ0) is 13.8. The van der Waals surface area contributed by atoms with Crippen LogP contribution in [-0.2, 0) is 11.3 Å². The van der Waals surface area contributed by atoms with E-state index in [9.17, 15) is 4.79 Å². The molecule has 1 unspecified atom stereocenters. The lowest BCUT2D eigenvalue weighted by molar-refractivity contribution is -0.126. The fraction of sp³-hybridized carbons (Fsp3) is 0.533. The quantitative estimate of drug-likeness (QED) is 0.847. The molecular formula is C15H23N3O. The van der Waals surface area contributed by atoms with Gasteiger partial charge in [0, 0.05) is 33.2 Å². The smallest absolute Gasteiger partial charge is 0.238 e. The normalized spacial score (nSPS) is 20.3. The SMILES string of the molecule is CNC(=O)C1CNCCN1Cc1c(C)cccc1C. The highest BCUT2D eigenvalue weighted by Gasteiger charge is 2.28. The van der Waals surface area contributed by atoms with Gasteiger partial charge in [0.25, 0.3) is 0 Å². The van der Waals surface area contributed by atoms with Crippen molar-refractivity contribution in [2.24, 2.45) is 0 Å². The number of hydrogen-bond donors (Lipinski definition) is 2. The number of likely N-dealkylation sites (N-methyl/N-ethyl adjacent to an activating group) is 1. The minimum absolute atomic E-state index is 0.0715. The monoisotopic (exact) mass is 261 g/mol. The van der Waals surface area contributed by atoms with Gasteiger partial charge in [-0.15, -0.1) is 0 Å². The maximum Gasteiger partial charge on any atom is 0.238 e. The molecule has 1 aliphatic heterocycles. The Morgan fingerprint density at radius 2 is 2.11 bits per heavy atom.